The summed E-state index contributed by atoms with van der Waals surface area (Å²) in [5.41, 5.74) is 0.933. The van der Waals surface area contributed by atoms with Crippen LogP contribution in [0.3, 0.4) is 0 Å². The fraction of sp³-hybridized carbons (Fsp3) is 0.333. The Bertz CT molecular complexity index is 1690. The van der Waals surface area contributed by atoms with E-state index in [2.05, 4.69) is 30.1 Å². The summed E-state index contributed by atoms with van der Waals surface area (Å²) in [6, 6.07) is 8.74. The molecule has 1 aromatic carbocycles. The van der Waals surface area contributed by atoms with Gasteiger partial charge in [-0.3, -0.25) is 4.79 Å². The van der Waals surface area contributed by atoms with Gasteiger partial charge in [0.1, 0.15) is 17.3 Å². The summed E-state index contributed by atoms with van der Waals surface area (Å²) in [5.74, 6) is 1.51. The van der Waals surface area contributed by atoms with E-state index in [4.69, 9.17) is 39.0 Å². The van der Waals surface area contributed by atoms with Crippen molar-refractivity contribution >= 4 is 34.8 Å². The summed E-state index contributed by atoms with van der Waals surface area (Å²) in [6.45, 7) is 8.84. The van der Waals surface area contributed by atoms with Gasteiger partial charge in [-0.2, -0.15) is 0 Å². The second-order valence-electron chi connectivity index (χ2n) is 9.72. The first kappa shape index (κ1) is 26.3. The van der Waals surface area contributed by atoms with Crippen LogP contribution in [0.1, 0.15) is 42.9 Å². The van der Waals surface area contributed by atoms with Crippen molar-refractivity contribution in [3.05, 3.63) is 90.2 Å². The third-order valence-corrected chi connectivity index (χ3v) is 7.78. The van der Waals surface area contributed by atoms with Gasteiger partial charge in [-0.1, -0.05) is 41.0 Å². The zero-order valence-electron chi connectivity index (χ0n) is 21.1. The summed E-state index contributed by atoms with van der Waals surface area (Å²) >= 11 is 12.9. The van der Waals surface area contributed by atoms with E-state index in [1.165, 1.54) is 6.20 Å². The minimum absolute atomic E-state index is 0.0352. The molecule has 1 aliphatic heterocycles. The number of piperidine rings is 1. The van der Waals surface area contributed by atoms with Crippen molar-refractivity contribution in [1.82, 2.24) is 24.9 Å². The second-order valence-corrected chi connectivity index (χ2v) is 10.5. The maximum absolute atomic E-state index is 12.4. The molecule has 6 rings (SSSR count). The zero-order valence-corrected chi connectivity index (χ0v) is 22.7. The van der Waals surface area contributed by atoms with Gasteiger partial charge < -0.3 is 19.0 Å². The van der Waals surface area contributed by atoms with Gasteiger partial charge in [0.05, 0.1) is 34.6 Å². The van der Waals surface area contributed by atoms with Gasteiger partial charge in [0, 0.05) is 30.1 Å². The van der Waals surface area contributed by atoms with Gasteiger partial charge in [0.25, 0.3) is 5.56 Å². The number of hydrogen-bond donors (Lipinski definition) is 1. The smallest absolute Gasteiger partial charge is 0.365 e. The van der Waals surface area contributed by atoms with E-state index < -0.39 is 17.1 Å². The van der Waals surface area contributed by atoms with Gasteiger partial charge in [-0.15, -0.1) is 5.10 Å². The van der Waals surface area contributed by atoms with Crippen LogP contribution in [-0.2, 0) is 11.3 Å². The number of nitrogens with one attached hydrogen (secondary N) is 1. The monoisotopic (exact) mass is 579 g/mol. The maximum Gasteiger partial charge on any atom is 0.365 e. The van der Waals surface area contributed by atoms with E-state index in [0.717, 1.165) is 60.5 Å². The molecule has 2 fully saturated rings. The van der Waals surface area contributed by atoms with Crippen molar-refractivity contribution in [3.8, 4) is 16.9 Å². The lowest BCUT2D eigenvalue weighted by Crippen LogP contribution is -2.37. The van der Waals surface area contributed by atoms with E-state index in [-0.39, 0.29) is 11.8 Å². The van der Waals surface area contributed by atoms with Crippen LogP contribution in [0.25, 0.3) is 21.8 Å². The Hall–Kier alpha value is -3.98. The van der Waals surface area contributed by atoms with E-state index in [1.807, 2.05) is 0 Å². The molecule has 4 aromatic rings. The highest BCUT2D eigenvalue weighted by atomic mass is 35.5. The molecule has 4 heterocycles. The van der Waals surface area contributed by atoms with Crippen LogP contribution < -0.4 is 16.1 Å². The number of pyridine rings is 1. The van der Waals surface area contributed by atoms with Crippen molar-refractivity contribution < 1.29 is 9.26 Å². The van der Waals surface area contributed by atoms with Gasteiger partial charge in [-0.25, -0.2) is 14.3 Å². The molecule has 0 bridgehead atoms. The maximum atomic E-state index is 12.4. The third-order valence-electron chi connectivity index (χ3n) is 7.15. The fourth-order valence-electron chi connectivity index (χ4n) is 4.90. The lowest BCUT2D eigenvalue weighted by Gasteiger charge is -2.32. The zero-order chi connectivity index (χ0) is 27.8. The molecule has 2 aliphatic rings. The minimum Gasteiger partial charge on any atom is -0.373 e. The molecule has 1 aliphatic carbocycles. The van der Waals surface area contributed by atoms with Crippen molar-refractivity contribution in [2.45, 2.75) is 44.3 Å². The lowest BCUT2D eigenvalue weighted by atomic mass is 10.0. The van der Waals surface area contributed by atoms with Crippen molar-refractivity contribution in [3.63, 3.8) is 0 Å². The molecule has 1 N–H and O–H groups in total. The molecule has 0 atom stereocenters. The van der Waals surface area contributed by atoms with Crippen LogP contribution >= 0.6 is 23.2 Å². The lowest BCUT2D eigenvalue weighted by molar-refractivity contribution is 0.0245. The van der Waals surface area contributed by atoms with Gasteiger partial charge in [-0.05, 0) is 55.0 Å². The van der Waals surface area contributed by atoms with Gasteiger partial charge in [0.2, 0.25) is 0 Å². The molecular formula is C27H23Cl2N7O4. The molecular weight excluding hydrogens is 557 g/mol. The number of halogens is 2. The van der Waals surface area contributed by atoms with E-state index >= 15 is 0 Å². The van der Waals surface area contributed by atoms with Crippen molar-refractivity contribution in [2.24, 2.45) is 0 Å². The number of benzene rings is 1. The summed E-state index contributed by atoms with van der Waals surface area (Å²) in [6.07, 6.45) is 5.17. The van der Waals surface area contributed by atoms with Crippen molar-refractivity contribution in [2.75, 3.05) is 18.0 Å². The predicted octanol–water partition coefficient (Wildman–Crippen LogP) is 4.89. The van der Waals surface area contributed by atoms with Crippen LogP contribution in [0.4, 0.5) is 11.6 Å². The highest BCUT2D eigenvalue weighted by Crippen LogP contribution is 2.46. The average molecular weight is 580 g/mol. The first-order valence-electron chi connectivity index (χ1n) is 12.8. The molecule has 0 amide bonds. The summed E-state index contributed by atoms with van der Waals surface area (Å²) in [5, 5.41) is 11.0. The van der Waals surface area contributed by atoms with Crippen LogP contribution in [-0.4, -0.2) is 44.1 Å². The normalized spacial score (nSPS) is 15.8. The van der Waals surface area contributed by atoms with Crippen LogP contribution in [0.15, 0.2) is 50.6 Å². The third kappa shape index (κ3) is 5.01. The van der Waals surface area contributed by atoms with E-state index in [1.54, 1.807) is 30.3 Å². The summed E-state index contributed by atoms with van der Waals surface area (Å²) < 4.78 is 13.0. The number of aromatic amines is 1. The molecule has 1 saturated carbocycles. The number of ether oxygens (including phenoxy) is 1. The number of H-pyrrole nitrogens is 1. The van der Waals surface area contributed by atoms with Crippen molar-refractivity contribution in [1.29, 1.82) is 0 Å². The van der Waals surface area contributed by atoms with E-state index in [9.17, 15) is 9.59 Å². The molecule has 0 radical (unpaired) electrons. The first-order valence-corrected chi connectivity index (χ1v) is 13.5. The minimum atomic E-state index is -0.788. The summed E-state index contributed by atoms with van der Waals surface area (Å²) in [4.78, 5) is 34.1. The van der Waals surface area contributed by atoms with Crippen LogP contribution in [0.2, 0.25) is 10.0 Å². The number of nitrogens with zero attached hydrogens (tertiary/aromatic N) is 6. The Balaban J connectivity index is 1.12. The number of anilines is 1. The van der Waals surface area contributed by atoms with Crippen LogP contribution in [0.5, 0.6) is 0 Å². The van der Waals surface area contributed by atoms with Gasteiger partial charge >= 0.3 is 11.5 Å². The number of aromatic nitrogens is 5. The fourth-order valence-corrected chi connectivity index (χ4v) is 5.47. The standard InChI is InChI=1S/C27H23Cl2N7O4/c1-30-25-26(37)36(27(38)33-32-25)16-7-8-21(31-13-16)35-11-9-17(10-12-35)39-14-18-23(34-40-24(18)15-5-6-15)22-19(28)3-2-4-20(22)29/h2-4,7-8,13,15,17H,5-6,9-12,14H2,(H,33,38). The Kier molecular flexibility index (Phi) is 7.14. The largest absolute Gasteiger partial charge is 0.373 e. The highest BCUT2D eigenvalue weighted by Gasteiger charge is 2.34. The molecule has 0 spiro atoms. The molecule has 13 heteroatoms. The topological polar surface area (TPSA) is 124 Å². The Morgan fingerprint density at radius 1 is 1.10 bits per heavy atom. The van der Waals surface area contributed by atoms with Gasteiger partial charge in [0.15, 0.2) is 0 Å². The Labute approximate surface area is 238 Å². The Morgan fingerprint density at radius 2 is 1.85 bits per heavy atom. The highest BCUT2D eigenvalue weighted by molar-refractivity contribution is 6.39. The van der Waals surface area contributed by atoms with E-state index in [0.29, 0.717) is 33.8 Å². The first-order chi connectivity index (χ1) is 19.4. The molecule has 40 heavy (non-hydrogen) atoms. The SMILES string of the molecule is [C-]#[N+]c1n[nH]c(=O)n(-c2ccc(N3CCC(OCc4c(-c5c(Cl)cccc5Cl)noc4C4CC4)CC3)nc2)c1=O. The molecule has 0 unspecified atom stereocenters. The number of rotatable bonds is 7. The number of hydrogen-bond acceptors (Lipinski definition) is 8. The quantitative estimate of drug-likeness (QED) is 0.307. The predicted molar refractivity (Wildman–Crippen MR) is 148 cm³/mol. The average Bonchev–Trinajstić information content (AvgIpc) is 3.73. The molecule has 204 valence electrons. The molecule has 1 saturated heterocycles. The summed E-state index contributed by atoms with van der Waals surface area (Å²) in [7, 11) is 0. The molecule has 3 aromatic heterocycles. The second kappa shape index (κ2) is 10.9. The molecule has 11 nitrogen and oxygen atoms in total. The van der Waals surface area contributed by atoms with Crippen LogP contribution in [0, 0.1) is 6.57 Å². The Morgan fingerprint density at radius 3 is 2.50 bits per heavy atom.